The average Bonchev–Trinajstić information content (AvgIpc) is 2.04. The molecule has 0 atom stereocenters. The van der Waals surface area contributed by atoms with Gasteiger partial charge in [0.1, 0.15) is 0 Å². The molecule has 0 radical (unpaired) electrons. The number of nitrogens with one attached hydrogen (secondary N) is 1. The van der Waals surface area contributed by atoms with E-state index in [0.717, 1.165) is 5.56 Å². The monoisotopic (exact) mass is 373 g/mol. The van der Waals surface area contributed by atoms with Crippen molar-refractivity contribution in [3.05, 3.63) is 29.8 Å². The average molecular weight is 373 g/mol. The second kappa shape index (κ2) is 4.71. The fourth-order valence-electron chi connectivity index (χ4n) is 0.947. The Hall–Kier alpha value is -0.427. The number of hydrogen-bond acceptors (Lipinski definition) is 1. The summed E-state index contributed by atoms with van der Waals surface area (Å²) in [6.07, 6.45) is 0. The van der Waals surface area contributed by atoms with E-state index in [4.69, 9.17) is 0 Å². The predicted octanol–water partition coefficient (Wildman–Crippen LogP) is 0.999. The van der Waals surface area contributed by atoms with Gasteiger partial charge >= 0.3 is 93.7 Å². The van der Waals surface area contributed by atoms with Crippen LogP contribution in [0.15, 0.2) is 24.3 Å². The maximum atomic E-state index is 11.5. The molecule has 70 valence electrons. The predicted molar refractivity (Wildman–Crippen MR) is 48.7 cm³/mol. The minimum atomic E-state index is 0.00154. The van der Waals surface area contributed by atoms with Crippen molar-refractivity contribution < 1.29 is 29.5 Å². The van der Waals surface area contributed by atoms with Gasteiger partial charge in [0, 0.05) is 0 Å². The molecular weight excluding hydrogens is 361 g/mol. The summed E-state index contributed by atoms with van der Waals surface area (Å²) in [6.45, 7) is 3.91. The molecule has 0 unspecified atom stereocenters. The van der Waals surface area contributed by atoms with Gasteiger partial charge in [-0.2, -0.15) is 0 Å². The first-order valence-corrected chi connectivity index (χ1v) is 5.63. The van der Waals surface area contributed by atoms with Crippen LogP contribution in [0.1, 0.15) is 24.2 Å². The first-order chi connectivity index (χ1) is 6.09. The Morgan fingerprint density at radius 2 is 1.85 bits per heavy atom. The fraction of sp³-hybridized carbons (Fsp3) is 0.300. The zero-order chi connectivity index (χ0) is 9.84. The molecule has 0 fully saturated rings. The fourth-order valence-corrected chi connectivity index (χ4v) is 1.44. The van der Waals surface area contributed by atoms with Crippen molar-refractivity contribution in [3.8, 4) is 0 Å². The summed E-state index contributed by atoms with van der Waals surface area (Å²) in [5, 5.41) is 2.84. The summed E-state index contributed by atoms with van der Waals surface area (Å²) in [4.78, 5) is 11.5. The van der Waals surface area contributed by atoms with Crippen LogP contribution in [0.3, 0.4) is 0 Å². The molecule has 1 aromatic rings. The summed E-state index contributed by atoms with van der Waals surface area (Å²) < 4.78 is 1.22. The van der Waals surface area contributed by atoms with Gasteiger partial charge in [0.15, 0.2) is 0 Å². The van der Waals surface area contributed by atoms with Crippen LogP contribution in [0.25, 0.3) is 0 Å². The number of rotatable bonds is 2. The van der Waals surface area contributed by atoms with Crippen LogP contribution in [0, 0.1) is 24.7 Å². The third-order valence-corrected chi connectivity index (χ3v) is 2.51. The van der Waals surface area contributed by atoms with Gasteiger partial charge in [0.2, 0.25) is 0 Å². The Morgan fingerprint density at radius 1 is 1.31 bits per heavy atom. The third-order valence-electron chi connectivity index (χ3n) is 1.53. The molecule has 2 nitrogen and oxygen atoms in total. The quantitative estimate of drug-likeness (QED) is 0.824. The van der Waals surface area contributed by atoms with Gasteiger partial charge in [-0.25, -0.2) is 0 Å². The topological polar surface area (TPSA) is 29.1 Å². The van der Waals surface area contributed by atoms with Gasteiger partial charge < -0.3 is 0 Å². The minimum absolute atomic E-state index is 0.00154. The molecule has 1 amide bonds. The van der Waals surface area contributed by atoms with Gasteiger partial charge in [0.05, 0.1) is 0 Å². The SMILES string of the molecule is CC(C)NC(=O)c1ccc([211At])cc1. The Bertz CT molecular complexity index is 292. The molecule has 1 N–H and O–H groups in total. The number of hydrogen-bond donors (Lipinski definition) is 1. The maximum absolute atomic E-state index is 11.5. The van der Waals surface area contributed by atoms with Crippen LogP contribution in [-0.2, 0) is 0 Å². The Labute approximate surface area is 93.6 Å². The third kappa shape index (κ3) is 3.43. The van der Waals surface area contributed by atoms with Gasteiger partial charge in [0.25, 0.3) is 0 Å². The molecule has 3 heteroatoms. The van der Waals surface area contributed by atoms with E-state index in [9.17, 15) is 4.79 Å². The van der Waals surface area contributed by atoms with Crippen LogP contribution in [0.5, 0.6) is 0 Å². The molecule has 0 spiro atoms. The zero-order valence-corrected chi connectivity index (χ0v) is 10.6. The second-order valence-corrected chi connectivity index (χ2v) is 4.83. The van der Waals surface area contributed by atoms with E-state index in [-0.39, 0.29) is 11.9 Å². The normalized spacial score (nSPS) is 10.2. The van der Waals surface area contributed by atoms with Crippen molar-refractivity contribution in [1.29, 1.82) is 0 Å². The van der Waals surface area contributed by atoms with E-state index in [2.05, 4.69) is 5.32 Å². The van der Waals surface area contributed by atoms with Crippen LogP contribution < -0.4 is 8.59 Å². The van der Waals surface area contributed by atoms with E-state index in [1.165, 1.54) is 3.27 Å². The van der Waals surface area contributed by atoms with E-state index < -0.39 is 0 Å². The molecule has 0 aromatic heterocycles. The van der Waals surface area contributed by atoms with Gasteiger partial charge in [-0.15, -0.1) is 0 Å². The second-order valence-electron chi connectivity index (χ2n) is 3.14. The van der Waals surface area contributed by atoms with Crippen LogP contribution in [-0.4, -0.2) is 11.9 Å². The van der Waals surface area contributed by atoms with Gasteiger partial charge in [-0.1, -0.05) is 0 Å². The molecule has 0 bridgehead atoms. The van der Waals surface area contributed by atoms with E-state index in [1.807, 2.05) is 38.1 Å². The van der Waals surface area contributed by atoms with Crippen molar-refractivity contribution in [2.24, 2.45) is 0 Å². The molecule has 1 rings (SSSR count). The zero-order valence-electron chi connectivity index (χ0n) is 7.67. The number of carbonyl (C=O) groups is 1. The Kier molecular flexibility index (Phi) is 3.86. The summed E-state index contributed by atoms with van der Waals surface area (Å²) in [7, 11) is 0. The van der Waals surface area contributed by atoms with Crippen LogP contribution >= 0.6 is 0 Å². The van der Waals surface area contributed by atoms with Gasteiger partial charge in [-0.05, 0) is 0 Å². The molecule has 0 heterocycles. The number of carbonyl (C=O) groups excluding carboxylic acids is 1. The summed E-state index contributed by atoms with van der Waals surface area (Å²) >= 11 is 1.62. The van der Waals surface area contributed by atoms with E-state index in [0.29, 0.717) is 0 Å². The first kappa shape index (κ1) is 10.7. The molecule has 13 heavy (non-hydrogen) atoms. The van der Waals surface area contributed by atoms with Crippen LogP contribution in [0.2, 0.25) is 0 Å². The van der Waals surface area contributed by atoms with Crippen molar-refractivity contribution in [2.75, 3.05) is 0 Å². The number of benzene rings is 1. The van der Waals surface area contributed by atoms with E-state index >= 15 is 0 Å². The molecule has 0 aliphatic rings. The van der Waals surface area contributed by atoms with Crippen LogP contribution in [0.4, 0.5) is 0 Å². The van der Waals surface area contributed by atoms with Crippen molar-refractivity contribution in [1.82, 2.24) is 5.32 Å². The molecule has 1 aromatic carbocycles. The molecule has 0 aliphatic heterocycles. The molecule has 0 saturated heterocycles. The summed E-state index contributed by atoms with van der Waals surface area (Å²) in [5.74, 6) is 0.00154. The molecule has 0 aliphatic carbocycles. The van der Waals surface area contributed by atoms with Crippen molar-refractivity contribution in [3.63, 3.8) is 0 Å². The first-order valence-electron chi connectivity index (χ1n) is 4.16. The molecular formula is C10H12AtNO. The van der Waals surface area contributed by atoms with Gasteiger partial charge in [-0.3, -0.25) is 0 Å². The van der Waals surface area contributed by atoms with E-state index in [1.54, 1.807) is 24.7 Å². The Morgan fingerprint density at radius 3 is 2.31 bits per heavy atom. The number of amides is 1. The van der Waals surface area contributed by atoms with Crippen molar-refractivity contribution >= 4 is 9.18 Å². The summed E-state index contributed by atoms with van der Waals surface area (Å²) in [6, 6.07) is 7.83. The standard InChI is InChI=1S/C10H12AtNO/c1-7(2)12-10(13)8-3-5-9(11)6-4-8/h3-7H,1-2H3,(H,12,13)/i11+1. The van der Waals surface area contributed by atoms with Crippen molar-refractivity contribution in [2.45, 2.75) is 19.9 Å². The Balaban J connectivity index is 2.72. The molecule has 0 saturated carbocycles. The summed E-state index contributed by atoms with van der Waals surface area (Å²) in [5.41, 5.74) is 0.730.